The number of esters is 1. The number of hydrogen-bond donors (Lipinski definition) is 0. The number of methoxy groups -OCH3 is 1. The fraction of sp³-hybridized carbons (Fsp3) is 0.375. The number of ketones is 1. The van der Waals surface area contributed by atoms with Crippen molar-refractivity contribution in [3.8, 4) is 5.75 Å². The second kappa shape index (κ2) is 8.23. The number of carbonyl (C=O) groups excluding carboxylic acids is 2. The molecule has 0 N–H and O–H groups in total. The molecule has 0 radical (unpaired) electrons. The van der Waals surface area contributed by atoms with Gasteiger partial charge in [0.2, 0.25) is 4.75 Å². The molecular formula is C16H17F3O4S. The first kappa shape index (κ1) is 20.1. The quantitative estimate of drug-likeness (QED) is 0.320. The Morgan fingerprint density at radius 2 is 1.79 bits per heavy atom. The first-order valence-electron chi connectivity index (χ1n) is 6.97. The predicted molar refractivity (Wildman–Crippen MR) is 84.1 cm³/mol. The van der Waals surface area contributed by atoms with Crippen molar-refractivity contribution in [1.82, 2.24) is 0 Å². The SMILES string of the molecule is C/C=C/C(Sc1ccc(OC)cc1)(C(=O)OCC)C(=O)C(F)(F)F. The van der Waals surface area contributed by atoms with Crippen LogP contribution in [0.25, 0.3) is 0 Å². The van der Waals surface area contributed by atoms with Gasteiger partial charge in [-0.15, -0.1) is 0 Å². The van der Waals surface area contributed by atoms with Crippen LogP contribution in [-0.4, -0.2) is 36.4 Å². The third-order valence-electron chi connectivity index (χ3n) is 2.91. The maximum atomic E-state index is 13.1. The van der Waals surface area contributed by atoms with Gasteiger partial charge in [-0.3, -0.25) is 4.79 Å². The molecule has 1 rings (SSSR count). The van der Waals surface area contributed by atoms with E-state index >= 15 is 0 Å². The molecule has 0 saturated carbocycles. The number of benzene rings is 1. The molecule has 0 aliphatic carbocycles. The van der Waals surface area contributed by atoms with Gasteiger partial charge in [0.15, 0.2) is 0 Å². The fourth-order valence-corrected chi connectivity index (χ4v) is 3.07. The monoisotopic (exact) mass is 362 g/mol. The first-order valence-corrected chi connectivity index (χ1v) is 7.78. The second-order valence-electron chi connectivity index (χ2n) is 4.56. The minimum absolute atomic E-state index is 0.146. The van der Waals surface area contributed by atoms with Gasteiger partial charge in [-0.05, 0) is 38.1 Å². The van der Waals surface area contributed by atoms with Crippen LogP contribution in [0.4, 0.5) is 13.2 Å². The lowest BCUT2D eigenvalue weighted by atomic mass is 10.0. The zero-order valence-electron chi connectivity index (χ0n) is 13.3. The molecule has 1 atom stereocenters. The fourth-order valence-electron chi connectivity index (χ4n) is 1.87. The highest BCUT2D eigenvalue weighted by Gasteiger charge is 2.57. The summed E-state index contributed by atoms with van der Waals surface area (Å²) in [5.74, 6) is -2.95. The van der Waals surface area contributed by atoms with E-state index in [0.29, 0.717) is 22.4 Å². The molecule has 0 aromatic heterocycles. The smallest absolute Gasteiger partial charge is 0.452 e. The molecule has 132 valence electrons. The highest BCUT2D eigenvalue weighted by molar-refractivity contribution is 8.02. The summed E-state index contributed by atoms with van der Waals surface area (Å²) in [6.45, 7) is 2.73. The normalized spacial score (nSPS) is 14.2. The van der Waals surface area contributed by atoms with Gasteiger partial charge in [-0.1, -0.05) is 23.9 Å². The van der Waals surface area contributed by atoms with Crippen LogP contribution < -0.4 is 4.74 Å². The Bertz CT molecular complexity index is 611. The van der Waals surface area contributed by atoms with Gasteiger partial charge >= 0.3 is 12.1 Å². The Hall–Kier alpha value is -1.96. The summed E-state index contributed by atoms with van der Waals surface area (Å²) in [6, 6.07) is 5.97. The Morgan fingerprint density at radius 1 is 1.21 bits per heavy atom. The van der Waals surface area contributed by atoms with Crippen LogP contribution in [0, 0.1) is 0 Å². The van der Waals surface area contributed by atoms with Gasteiger partial charge in [0.25, 0.3) is 5.78 Å². The maximum absolute atomic E-state index is 13.1. The molecule has 0 aliphatic heterocycles. The van der Waals surface area contributed by atoms with Gasteiger partial charge in [0.05, 0.1) is 13.7 Å². The Kier molecular flexibility index (Phi) is 6.89. The van der Waals surface area contributed by atoms with E-state index in [1.165, 1.54) is 51.3 Å². The average Bonchev–Trinajstić information content (AvgIpc) is 2.53. The summed E-state index contributed by atoms with van der Waals surface area (Å²) < 4.78 is 46.4. The maximum Gasteiger partial charge on any atom is 0.452 e. The molecule has 0 aliphatic rings. The van der Waals surface area contributed by atoms with Crippen molar-refractivity contribution < 1.29 is 32.2 Å². The molecule has 0 amide bonds. The van der Waals surface area contributed by atoms with Crippen molar-refractivity contribution in [3.05, 3.63) is 36.4 Å². The number of halogens is 3. The molecule has 8 heteroatoms. The second-order valence-corrected chi connectivity index (χ2v) is 5.88. The predicted octanol–water partition coefficient (Wildman–Crippen LogP) is 3.80. The largest absolute Gasteiger partial charge is 0.497 e. The molecule has 24 heavy (non-hydrogen) atoms. The number of ether oxygens (including phenoxy) is 2. The van der Waals surface area contributed by atoms with Gasteiger partial charge < -0.3 is 9.47 Å². The van der Waals surface area contributed by atoms with E-state index in [9.17, 15) is 22.8 Å². The van der Waals surface area contributed by atoms with Crippen molar-refractivity contribution >= 4 is 23.5 Å². The van der Waals surface area contributed by atoms with Crippen LogP contribution in [0.3, 0.4) is 0 Å². The number of alkyl halides is 3. The van der Waals surface area contributed by atoms with E-state index in [0.717, 1.165) is 6.08 Å². The number of rotatable bonds is 7. The molecular weight excluding hydrogens is 345 g/mol. The van der Waals surface area contributed by atoms with E-state index in [1.807, 2.05) is 0 Å². The van der Waals surface area contributed by atoms with Gasteiger partial charge in [0.1, 0.15) is 5.75 Å². The van der Waals surface area contributed by atoms with E-state index in [4.69, 9.17) is 9.47 Å². The summed E-state index contributed by atoms with van der Waals surface area (Å²) in [7, 11) is 1.44. The molecule has 0 fully saturated rings. The molecule has 1 aromatic carbocycles. The van der Waals surface area contributed by atoms with Crippen LogP contribution in [0.2, 0.25) is 0 Å². The summed E-state index contributed by atoms with van der Waals surface area (Å²) in [4.78, 5) is 24.5. The molecule has 1 aromatic rings. The molecule has 1 unspecified atom stereocenters. The lowest BCUT2D eigenvalue weighted by Gasteiger charge is -2.27. The number of thioether (sulfide) groups is 1. The summed E-state index contributed by atoms with van der Waals surface area (Å²) in [5, 5.41) is 0. The van der Waals surface area contributed by atoms with Crippen LogP contribution in [-0.2, 0) is 14.3 Å². The average molecular weight is 362 g/mol. The van der Waals surface area contributed by atoms with E-state index < -0.39 is 22.7 Å². The molecule has 0 saturated heterocycles. The van der Waals surface area contributed by atoms with Gasteiger partial charge in [-0.25, -0.2) is 4.79 Å². The highest BCUT2D eigenvalue weighted by atomic mass is 32.2. The third-order valence-corrected chi connectivity index (χ3v) is 4.23. The minimum Gasteiger partial charge on any atom is -0.497 e. The van der Waals surface area contributed by atoms with E-state index in [2.05, 4.69) is 0 Å². The Morgan fingerprint density at radius 3 is 2.21 bits per heavy atom. The van der Waals surface area contributed by atoms with Crippen LogP contribution in [0.15, 0.2) is 41.3 Å². The zero-order valence-corrected chi connectivity index (χ0v) is 14.2. The van der Waals surface area contributed by atoms with E-state index in [-0.39, 0.29) is 6.61 Å². The topological polar surface area (TPSA) is 52.6 Å². The Labute approximate surface area is 142 Å². The number of hydrogen-bond acceptors (Lipinski definition) is 5. The van der Waals surface area contributed by atoms with Crippen molar-refractivity contribution in [1.29, 1.82) is 0 Å². The van der Waals surface area contributed by atoms with Crippen molar-refractivity contribution in [2.75, 3.05) is 13.7 Å². The number of Topliss-reactive ketones (excluding diaryl/α,β-unsaturated/α-hetero) is 1. The number of carbonyl (C=O) groups is 2. The summed E-state index contributed by atoms with van der Waals surface area (Å²) >= 11 is 0.477. The van der Waals surface area contributed by atoms with E-state index in [1.54, 1.807) is 0 Å². The van der Waals surface area contributed by atoms with Gasteiger partial charge in [0, 0.05) is 4.90 Å². The van der Waals surface area contributed by atoms with Crippen molar-refractivity contribution in [3.63, 3.8) is 0 Å². The van der Waals surface area contributed by atoms with Crippen molar-refractivity contribution in [2.24, 2.45) is 0 Å². The standard InChI is InChI=1S/C16H17F3O4S/c1-4-10-15(14(21)23-5-2,13(20)16(17,18)19)24-12-8-6-11(22-3)7-9-12/h4,6-10H,5H2,1-3H3/b10-4+. The zero-order chi connectivity index (χ0) is 18.4. The summed E-state index contributed by atoms with van der Waals surface area (Å²) in [6.07, 6.45) is -3.06. The van der Waals surface area contributed by atoms with Crippen molar-refractivity contribution in [2.45, 2.75) is 29.7 Å². The van der Waals surface area contributed by atoms with Crippen LogP contribution in [0.5, 0.6) is 5.75 Å². The third kappa shape index (κ3) is 4.53. The molecule has 0 bridgehead atoms. The number of allylic oxidation sites excluding steroid dienone is 1. The lowest BCUT2D eigenvalue weighted by molar-refractivity contribution is -0.176. The first-order chi connectivity index (χ1) is 11.2. The van der Waals surface area contributed by atoms with Crippen LogP contribution >= 0.6 is 11.8 Å². The Balaban J connectivity index is 3.38. The lowest BCUT2D eigenvalue weighted by Crippen LogP contribution is -2.49. The minimum atomic E-state index is -5.19. The van der Waals surface area contributed by atoms with Gasteiger partial charge in [-0.2, -0.15) is 13.2 Å². The summed E-state index contributed by atoms with van der Waals surface area (Å²) in [5.41, 5.74) is 0. The molecule has 0 spiro atoms. The molecule has 4 nitrogen and oxygen atoms in total. The van der Waals surface area contributed by atoms with Crippen LogP contribution in [0.1, 0.15) is 13.8 Å². The molecule has 0 heterocycles. The highest BCUT2D eigenvalue weighted by Crippen LogP contribution is 2.41.